The van der Waals surface area contributed by atoms with Crippen molar-refractivity contribution in [2.24, 2.45) is 0 Å². The smallest absolute Gasteiger partial charge is 0.0623 e. The molecule has 102 valence electrons. The van der Waals surface area contributed by atoms with Crippen LogP contribution in [0.3, 0.4) is 0 Å². The van der Waals surface area contributed by atoms with E-state index < -0.39 is 8.07 Å². The van der Waals surface area contributed by atoms with Gasteiger partial charge in [-0.2, -0.15) is 0 Å². The molecule has 2 aliphatic heterocycles. The lowest BCUT2D eigenvalue weighted by atomic mass is 9.99. The molecule has 0 radical (unpaired) electrons. The van der Waals surface area contributed by atoms with Crippen LogP contribution in [0.2, 0.25) is 12.1 Å². The van der Waals surface area contributed by atoms with Crippen molar-refractivity contribution in [1.29, 1.82) is 0 Å². The molecule has 0 aromatic heterocycles. The summed E-state index contributed by atoms with van der Waals surface area (Å²) >= 11 is 0. The Morgan fingerprint density at radius 3 is 2.30 bits per heavy atom. The van der Waals surface area contributed by atoms with Gasteiger partial charge in [-0.1, -0.05) is 69.2 Å². The molecule has 1 saturated heterocycles. The third-order valence-corrected chi connectivity index (χ3v) is 10.7. The molecule has 0 aliphatic carbocycles. The highest BCUT2D eigenvalue weighted by Gasteiger charge is 2.46. The molecule has 0 amide bonds. The lowest BCUT2D eigenvalue weighted by Gasteiger charge is -2.24. The maximum atomic E-state index is 2.57. The minimum atomic E-state index is -1.39. The number of rotatable bonds is 1. The van der Waals surface area contributed by atoms with Crippen molar-refractivity contribution in [1.82, 2.24) is 0 Å². The van der Waals surface area contributed by atoms with E-state index in [0.717, 1.165) is 0 Å². The van der Waals surface area contributed by atoms with Crippen molar-refractivity contribution in [3.63, 3.8) is 0 Å². The van der Waals surface area contributed by atoms with Crippen LogP contribution in [0, 0.1) is 0 Å². The minimum Gasteiger partial charge on any atom is -0.0623 e. The van der Waals surface area contributed by atoms with E-state index in [2.05, 4.69) is 56.3 Å². The van der Waals surface area contributed by atoms with Crippen LogP contribution in [0.1, 0.15) is 38.2 Å². The second kappa shape index (κ2) is 4.32. The van der Waals surface area contributed by atoms with Gasteiger partial charge in [0.2, 0.25) is 0 Å². The first kappa shape index (κ1) is 12.4. The summed E-state index contributed by atoms with van der Waals surface area (Å²) in [4.78, 5) is 0. The fourth-order valence-electron chi connectivity index (χ4n) is 4.35. The Morgan fingerprint density at radius 1 is 0.850 bits per heavy atom. The highest BCUT2D eigenvalue weighted by atomic mass is 28.3. The summed E-state index contributed by atoms with van der Waals surface area (Å²) in [5.74, 6) is 0.636. The quantitative estimate of drug-likeness (QED) is 0.688. The van der Waals surface area contributed by atoms with Gasteiger partial charge >= 0.3 is 0 Å². The van der Waals surface area contributed by atoms with Crippen LogP contribution < -0.4 is 10.4 Å². The van der Waals surface area contributed by atoms with Gasteiger partial charge in [-0.3, -0.25) is 0 Å². The Labute approximate surface area is 122 Å². The molecule has 0 N–H and O–H groups in total. The van der Waals surface area contributed by atoms with Crippen LogP contribution >= 0.6 is 0 Å². The van der Waals surface area contributed by atoms with Crippen LogP contribution in [-0.2, 0) is 0 Å². The van der Waals surface area contributed by atoms with Crippen molar-refractivity contribution < 1.29 is 0 Å². The van der Waals surface area contributed by atoms with Crippen LogP contribution in [0.25, 0.3) is 11.1 Å². The summed E-state index contributed by atoms with van der Waals surface area (Å²) in [6.45, 7) is 4.62. The topological polar surface area (TPSA) is 0 Å². The van der Waals surface area contributed by atoms with E-state index in [1.165, 1.54) is 30.5 Å². The third-order valence-electron chi connectivity index (χ3n) is 5.42. The van der Waals surface area contributed by atoms with Crippen molar-refractivity contribution in [3.05, 3.63) is 48.0 Å². The predicted molar refractivity (Wildman–Crippen MR) is 89.8 cm³/mol. The van der Waals surface area contributed by atoms with Gasteiger partial charge in [0.25, 0.3) is 0 Å². The number of benzene rings is 2. The maximum Gasteiger partial charge on any atom is 0.119 e. The first-order chi connectivity index (χ1) is 9.72. The molecule has 4 rings (SSSR count). The van der Waals surface area contributed by atoms with Crippen LogP contribution in [0.5, 0.6) is 0 Å². The minimum absolute atomic E-state index is 0.636. The second-order valence-electron chi connectivity index (χ2n) is 6.79. The van der Waals surface area contributed by atoms with Gasteiger partial charge in [0, 0.05) is 0 Å². The summed E-state index contributed by atoms with van der Waals surface area (Å²) in [5.41, 5.74) is 4.63. The summed E-state index contributed by atoms with van der Waals surface area (Å²) in [6, 6.07) is 19.5. The number of fused-ring (bicyclic) bond motifs is 5. The lowest BCUT2D eigenvalue weighted by molar-refractivity contribution is 0.868. The zero-order chi connectivity index (χ0) is 13.7. The van der Waals surface area contributed by atoms with Gasteiger partial charge in [0.05, 0.1) is 0 Å². The molecule has 20 heavy (non-hydrogen) atoms. The largest absolute Gasteiger partial charge is 0.119 e. The van der Waals surface area contributed by atoms with E-state index in [-0.39, 0.29) is 0 Å². The maximum absolute atomic E-state index is 2.57. The van der Waals surface area contributed by atoms with Crippen LogP contribution in [0.15, 0.2) is 42.5 Å². The standard InChI is InChI=1S/C19H22Si/c1-14(2)15-9-10-17-16-7-3-4-8-18(16)20(19(17)13-15)11-5-6-12-20/h3-4,7-10,13-14H,5-6,11-12H2,1-2H3. The number of hydrogen-bond acceptors (Lipinski definition) is 0. The predicted octanol–water partition coefficient (Wildman–Crippen LogP) is 4.15. The van der Waals surface area contributed by atoms with E-state index in [9.17, 15) is 0 Å². The lowest BCUT2D eigenvalue weighted by Crippen LogP contribution is -2.52. The molecule has 2 aliphatic rings. The molecule has 2 heterocycles. The van der Waals surface area contributed by atoms with E-state index in [4.69, 9.17) is 0 Å². The Hall–Kier alpha value is -1.34. The van der Waals surface area contributed by atoms with Gasteiger partial charge in [-0.15, -0.1) is 0 Å². The summed E-state index contributed by atoms with van der Waals surface area (Å²) in [7, 11) is -1.39. The fourth-order valence-corrected chi connectivity index (χ4v) is 10.00. The molecule has 2 aromatic rings. The average Bonchev–Trinajstić information content (AvgIpc) is 3.06. The first-order valence-corrected chi connectivity index (χ1v) is 10.4. The fraction of sp³-hybridized carbons (Fsp3) is 0.368. The molecule has 0 atom stereocenters. The summed E-state index contributed by atoms with van der Waals surface area (Å²) < 4.78 is 0. The van der Waals surface area contributed by atoms with E-state index in [1.807, 2.05) is 0 Å². The molecule has 0 bridgehead atoms. The normalized spacial score (nSPS) is 18.6. The van der Waals surface area contributed by atoms with Crippen LogP contribution in [0.4, 0.5) is 0 Å². The molecular formula is C19H22Si. The van der Waals surface area contributed by atoms with E-state index >= 15 is 0 Å². The van der Waals surface area contributed by atoms with Gasteiger partial charge in [-0.25, -0.2) is 0 Å². The van der Waals surface area contributed by atoms with Gasteiger partial charge in [0.1, 0.15) is 8.07 Å². The Bertz CT molecular complexity index is 663. The Balaban J connectivity index is 2.00. The molecular weight excluding hydrogens is 256 g/mol. The molecule has 1 spiro atoms. The molecule has 2 aromatic carbocycles. The van der Waals surface area contributed by atoms with E-state index in [1.54, 1.807) is 21.5 Å². The molecule has 0 nitrogen and oxygen atoms in total. The number of hydrogen-bond donors (Lipinski definition) is 0. The summed E-state index contributed by atoms with van der Waals surface area (Å²) in [6.07, 6.45) is 2.87. The highest BCUT2D eigenvalue weighted by molar-refractivity contribution is 7.06. The van der Waals surface area contributed by atoms with Crippen molar-refractivity contribution in [2.45, 2.75) is 44.7 Å². The van der Waals surface area contributed by atoms with Crippen molar-refractivity contribution >= 4 is 18.4 Å². The van der Waals surface area contributed by atoms with Crippen LogP contribution in [-0.4, -0.2) is 8.07 Å². The second-order valence-corrected chi connectivity index (χ2v) is 11.0. The first-order valence-electron chi connectivity index (χ1n) is 7.97. The molecule has 1 heteroatoms. The van der Waals surface area contributed by atoms with Gasteiger partial charge in [-0.05, 0) is 45.1 Å². The van der Waals surface area contributed by atoms with Gasteiger partial charge < -0.3 is 0 Å². The van der Waals surface area contributed by atoms with Gasteiger partial charge in [0.15, 0.2) is 0 Å². The highest BCUT2D eigenvalue weighted by Crippen LogP contribution is 2.39. The monoisotopic (exact) mass is 278 g/mol. The molecule has 1 fully saturated rings. The van der Waals surface area contributed by atoms with E-state index in [0.29, 0.717) is 5.92 Å². The Kier molecular flexibility index (Phi) is 2.68. The van der Waals surface area contributed by atoms with Crippen molar-refractivity contribution in [3.8, 4) is 11.1 Å². The summed E-state index contributed by atoms with van der Waals surface area (Å²) in [5, 5.41) is 3.48. The molecule has 0 saturated carbocycles. The third kappa shape index (κ3) is 1.53. The zero-order valence-electron chi connectivity index (χ0n) is 12.4. The SMILES string of the molecule is CC(C)c1ccc2c(c1)[Si]1(CCCC1)c1ccccc1-2. The zero-order valence-corrected chi connectivity index (χ0v) is 13.4. The average molecular weight is 278 g/mol. The Morgan fingerprint density at radius 2 is 1.55 bits per heavy atom. The molecule has 0 unspecified atom stereocenters. The van der Waals surface area contributed by atoms with Crippen molar-refractivity contribution in [2.75, 3.05) is 0 Å².